The van der Waals surface area contributed by atoms with Crippen LogP contribution in [0.1, 0.15) is 18.4 Å². The number of amides is 2. The van der Waals surface area contributed by atoms with E-state index in [0.29, 0.717) is 19.1 Å². The summed E-state index contributed by atoms with van der Waals surface area (Å²) in [5.74, 6) is 0. The number of hydrogen-bond acceptors (Lipinski definition) is 3. The van der Waals surface area contributed by atoms with Crippen LogP contribution in [0.2, 0.25) is 0 Å². The van der Waals surface area contributed by atoms with Crippen LogP contribution in [0.3, 0.4) is 0 Å². The Hall–Kier alpha value is -2.34. The topological polar surface area (TPSA) is 70.4 Å². The van der Waals surface area contributed by atoms with E-state index >= 15 is 0 Å². The van der Waals surface area contributed by atoms with Crippen molar-refractivity contribution in [3.63, 3.8) is 0 Å². The fourth-order valence-electron chi connectivity index (χ4n) is 2.40. The van der Waals surface area contributed by atoms with Crippen LogP contribution in [0.5, 0.6) is 0 Å². The molecule has 1 aromatic carbocycles. The first-order valence-electron chi connectivity index (χ1n) is 7.52. The van der Waals surface area contributed by atoms with Crippen LogP contribution in [-0.4, -0.2) is 45.0 Å². The molecule has 0 aliphatic heterocycles. The zero-order valence-corrected chi connectivity index (χ0v) is 12.4. The van der Waals surface area contributed by atoms with Crippen molar-refractivity contribution in [1.82, 2.24) is 20.0 Å². The van der Waals surface area contributed by atoms with Gasteiger partial charge in [0.1, 0.15) is 0 Å². The zero-order chi connectivity index (χ0) is 15.4. The van der Waals surface area contributed by atoms with E-state index in [4.69, 9.17) is 5.11 Å². The molecular weight excluding hydrogens is 280 g/mol. The van der Waals surface area contributed by atoms with Gasteiger partial charge in [-0.15, -0.1) is 0 Å². The summed E-state index contributed by atoms with van der Waals surface area (Å²) in [6.45, 7) is 0.815. The summed E-state index contributed by atoms with van der Waals surface area (Å²) < 4.78 is 1.79. The minimum atomic E-state index is -0.121. The van der Waals surface area contributed by atoms with Gasteiger partial charge in [-0.2, -0.15) is 5.10 Å². The second-order valence-electron chi connectivity index (χ2n) is 5.44. The SMILES string of the molecule is O=C(NCc1cnn(-c2ccccc2)c1)N(CCO)C1CC1. The van der Waals surface area contributed by atoms with Crippen LogP contribution in [0.15, 0.2) is 42.7 Å². The third kappa shape index (κ3) is 3.46. The Labute approximate surface area is 129 Å². The van der Waals surface area contributed by atoms with Gasteiger partial charge in [-0.1, -0.05) is 18.2 Å². The number of hydrogen-bond donors (Lipinski definition) is 2. The monoisotopic (exact) mass is 300 g/mol. The molecule has 22 heavy (non-hydrogen) atoms. The second-order valence-corrected chi connectivity index (χ2v) is 5.44. The van der Waals surface area contributed by atoms with Crippen molar-refractivity contribution < 1.29 is 9.90 Å². The smallest absolute Gasteiger partial charge is 0.317 e. The number of para-hydroxylation sites is 1. The molecule has 1 aliphatic carbocycles. The molecule has 6 nitrogen and oxygen atoms in total. The molecule has 1 aliphatic rings. The summed E-state index contributed by atoms with van der Waals surface area (Å²) in [6.07, 6.45) is 5.71. The maximum Gasteiger partial charge on any atom is 0.317 e. The Morgan fingerprint density at radius 1 is 1.36 bits per heavy atom. The lowest BCUT2D eigenvalue weighted by Gasteiger charge is -2.21. The first-order chi connectivity index (χ1) is 10.8. The first kappa shape index (κ1) is 14.6. The van der Waals surface area contributed by atoms with Crippen LogP contribution in [0.25, 0.3) is 5.69 Å². The number of nitrogens with zero attached hydrogens (tertiary/aromatic N) is 3. The molecule has 0 spiro atoms. The molecule has 2 amide bonds. The van der Waals surface area contributed by atoms with Gasteiger partial charge in [-0.3, -0.25) is 0 Å². The number of aliphatic hydroxyl groups excluding tert-OH is 1. The van der Waals surface area contributed by atoms with E-state index in [0.717, 1.165) is 24.1 Å². The molecule has 1 aromatic heterocycles. The summed E-state index contributed by atoms with van der Waals surface area (Å²) in [4.78, 5) is 13.9. The molecular formula is C16H20N4O2. The van der Waals surface area contributed by atoms with Crippen molar-refractivity contribution >= 4 is 6.03 Å². The number of carbonyl (C=O) groups is 1. The number of urea groups is 1. The first-order valence-corrected chi connectivity index (χ1v) is 7.52. The molecule has 116 valence electrons. The summed E-state index contributed by atoms with van der Waals surface area (Å²) in [5, 5.41) is 16.2. The van der Waals surface area contributed by atoms with Gasteiger partial charge in [0.05, 0.1) is 18.5 Å². The quantitative estimate of drug-likeness (QED) is 0.850. The molecule has 0 saturated heterocycles. The van der Waals surface area contributed by atoms with Crippen molar-refractivity contribution in [2.75, 3.05) is 13.2 Å². The minimum Gasteiger partial charge on any atom is -0.395 e. The summed E-state index contributed by atoms with van der Waals surface area (Å²) in [6, 6.07) is 10.0. The molecule has 1 fully saturated rings. The molecule has 0 radical (unpaired) electrons. The van der Waals surface area contributed by atoms with Crippen molar-refractivity contribution in [2.45, 2.75) is 25.4 Å². The molecule has 1 saturated carbocycles. The highest BCUT2D eigenvalue weighted by Crippen LogP contribution is 2.26. The summed E-state index contributed by atoms with van der Waals surface area (Å²) >= 11 is 0. The molecule has 2 aromatic rings. The number of carbonyl (C=O) groups excluding carboxylic acids is 1. The van der Waals surface area contributed by atoms with Crippen molar-refractivity contribution in [1.29, 1.82) is 0 Å². The molecule has 0 atom stereocenters. The van der Waals surface area contributed by atoms with Crippen LogP contribution < -0.4 is 5.32 Å². The van der Waals surface area contributed by atoms with E-state index in [1.807, 2.05) is 36.5 Å². The Morgan fingerprint density at radius 2 is 2.14 bits per heavy atom. The lowest BCUT2D eigenvalue weighted by molar-refractivity contribution is 0.173. The van der Waals surface area contributed by atoms with E-state index in [1.54, 1.807) is 15.8 Å². The highest BCUT2D eigenvalue weighted by atomic mass is 16.3. The highest BCUT2D eigenvalue weighted by molar-refractivity contribution is 5.74. The number of rotatable bonds is 6. The van der Waals surface area contributed by atoms with Crippen LogP contribution >= 0.6 is 0 Å². The fraction of sp³-hybridized carbons (Fsp3) is 0.375. The molecule has 0 bridgehead atoms. The third-order valence-electron chi connectivity index (χ3n) is 3.69. The van der Waals surface area contributed by atoms with Crippen molar-refractivity contribution in [3.8, 4) is 5.69 Å². The second kappa shape index (κ2) is 6.62. The van der Waals surface area contributed by atoms with Gasteiger partial charge in [0.15, 0.2) is 0 Å². The lowest BCUT2D eigenvalue weighted by Crippen LogP contribution is -2.42. The van der Waals surface area contributed by atoms with E-state index in [1.165, 1.54) is 0 Å². The molecule has 6 heteroatoms. The predicted octanol–water partition coefficient (Wildman–Crippen LogP) is 1.54. The minimum absolute atomic E-state index is 0.00411. The van der Waals surface area contributed by atoms with Crippen LogP contribution in [0.4, 0.5) is 4.79 Å². The maximum absolute atomic E-state index is 12.1. The predicted molar refractivity (Wildman–Crippen MR) is 82.6 cm³/mol. The van der Waals surface area contributed by atoms with Crippen LogP contribution in [0, 0.1) is 0 Å². The number of nitrogens with one attached hydrogen (secondary N) is 1. The lowest BCUT2D eigenvalue weighted by atomic mass is 10.3. The van der Waals surface area contributed by atoms with Gasteiger partial charge < -0.3 is 15.3 Å². The number of aromatic nitrogens is 2. The van der Waals surface area contributed by atoms with Gasteiger partial charge in [-0.05, 0) is 25.0 Å². The van der Waals surface area contributed by atoms with Crippen LogP contribution in [-0.2, 0) is 6.54 Å². The van der Waals surface area contributed by atoms with Gasteiger partial charge in [0, 0.05) is 30.9 Å². The summed E-state index contributed by atoms with van der Waals surface area (Å²) in [5.41, 5.74) is 1.93. The average molecular weight is 300 g/mol. The maximum atomic E-state index is 12.1. The zero-order valence-electron chi connectivity index (χ0n) is 12.4. The third-order valence-corrected chi connectivity index (χ3v) is 3.69. The van der Waals surface area contributed by atoms with E-state index < -0.39 is 0 Å². The Kier molecular flexibility index (Phi) is 4.39. The Morgan fingerprint density at radius 3 is 2.82 bits per heavy atom. The van der Waals surface area contributed by atoms with E-state index in [9.17, 15) is 4.79 Å². The van der Waals surface area contributed by atoms with Crippen molar-refractivity contribution in [2.24, 2.45) is 0 Å². The summed E-state index contributed by atoms with van der Waals surface area (Å²) in [7, 11) is 0. The van der Waals surface area contributed by atoms with E-state index in [2.05, 4.69) is 10.4 Å². The molecule has 0 unspecified atom stereocenters. The van der Waals surface area contributed by atoms with Gasteiger partial charge in [-0.25, -0.2) is 9.48 Å². The fourth-order valence-corrected chi connectivity index (χ4v) is 2.40. The number of benzene rings is 1. The van der Waals surface area contributed by atoms with Gasteiger partial charge in [0.25, 0.3) is 0 Å². The van der Waals surface area contributed by atoms with Gasteiger partial charge >= 0.3 is 6.03 Å². The normalized spacial score (nSPS) is 13.9. The average Bonchev–Trinajstić information content (AvgIpc) is 3.28. The largest absolute Gasteiger partial charge is 0.395 e. The van der Waals surface area contributed by atoms with E-state index in [-0.39, 0.29) is 12.6 Å². The molecule has 1 heterocycles. The number of aliphatic hydroxyl groups is 1. The Balaban J connectivity index is 1.57. The van der Waals surface area contributed by atoms with Crippen molar-refractivity contribution in [3.05, 3.63) is 48.3 Å². The van der Waals surface area contributed by atoms with Gasteiger partial charge in [0.2, 0.25) is 0 Å². The molecule has 3 rings (SSSR count). The Bertz CT molecular complexity index is 622. The standard InChI is InChI=1S/C16H20N4O2/c21-9-8-19(14-6-7-14)16(22)17-10-13-11-18-20(12-13)15-4-2-1-3-5-15/h1-5,11-12,14,21H,6-10H2,(H,17,22). The highest BCUT2D eigenvalue weighted by Gasteiger charge is 2.31. The molecule has 2 N–H and O–H groups in total.